The summed E-state index contributed by atoms with van der Waals surface area (Å²) < 4.78 is 18.1. The summed E-state index contributed by atoms with van der Waals surface area (Å²) in [5, 5.41) is 1.24. The van der Waals surface area contributed by atoms with Crippen LogP contribution >= 0.6 is 31.9 Å². The Labute approximate surface area is 206 Å². The van der Waals surface area contributed by atoms with E-state index in [2.05, 4.69) is 37.3 Å². The van der Waals surface area contributed by atoms with Gasteiger partial charge in [0, 0.05) is 0 Å². The van der Waals surface area contributed by atoms with E-state index in [1.54, 1.807) is 42.5 Å². The molecular formula is C24H16Br2N2O5. The summed E-state index contributed by atoms with van der Waals surface area (Å²) in [4.78, 5) is 25.2. The van der Waals surface area contributed by atoms with Gasteiger partial charge in [-0.2, -0.15) is 0 Å². The molecule has 0 bridgehead atoms. The fraction of sp³-hybridized carbons (Fsp3) is 0.0833. The molecule has 166 valence electrons. The number of carbonyl (C=O) groups is 2. The number of nitrogens with one attached hydrogen (secondary N) is 1. The van der Waals surface area contributed by atoms with E-state index in [1.807, 2.05) is 24.3 Å². The molecule has 0 aliphatic carbocycles. The van der Waals surface area contributed by atoms with E-state index in [-0.39, 0.29) is 12.4 Å². The summed E-state index contributed by atoms with van der Waals surface area (Å²) in [6, 6.07) is 18.2. The van der Waals surface area contributed by atoms with Gasteiger partial charge in [0.05, 0.1) is 14.6 Å². The van der Waals surface area contributed by atoms with E-state index in [0.717, 1.165) is 11.3 Å². The van der Waals surface area contributed by atoms with Crippen LogP contribution in [0.25, 0.3) is 6.08 Å². The Morgan fingerprint density at radius 3 is 2.45 bits per heavy atom. The van der Waals surface area contributed by atoms with Crippen molar-refractivity contribution in [3.63, 3.8) is 0 Å². The van der Waals surface area contributed by atoms with Gasteiger partial charge in [-0.15, -0.1) is 0 Å². The Bertz CT molecular complexity index is 1270. The Kier molecular flexibility index (Phi) is 5.82. The number of amides is 2. The largest absolute Gasteiger partial charge is 0.487 e. The molecule has 0 unspecified atom stereocenters. The van der Waals surface area contributed by atoms with E-state index in [1.165, 1.54) is 5.01 Å². The normalized spacial score (nSPS) is 15.8. The Morgan fingerprint density at radius 1 is 0.970 bits per heavy atom. The van der Waals surface area contributed by atoms with Crippen LogP contribution in [0, 0.1) is 0 Å². The van der Waals surface area contributed by atoms with Gasteiger partial charge in [-0.25, -0.2) is 5.01 Å². The molecule has 0 spiro atoms. The van der Waals surface area contributed by atoms with Crippen molar-refractivity contribution in [1.29, 1.82) is 0 Å². The first kappa shape index (κ1) is 21.5. The number of fused-ring (bicyclic) bond motifs is 1. The molecule has 3 aromatic carbocycles. The first-order valence-corrected chi connectivity index (χ1v) is 11.5. The topological polar surface area (TPSA) is 77.1 Å². The van der Waals surface area contributed by atoms with Gasteiger partial charge in [0.2, 0.25) is 6.79 Å². The van der Waals surface area contributed by atoms with Crippen LogP contribution in [0.3, 0.4) is 0 Å². The van der Waals surface area contributed by atoms with Crippen LogP contribution in [0.4, 0.5) is 5.69 Å². The SMILES string of the molecule is O=C1NN(c2ccccc2)C(=O)/C1=C\c1cc(Br)c(OCc2ccc3c(c2)OCO3)c(Br)c1. The van der Waals surface area contributed by atoms with Gasteiger partial charge in [0.25, 0.3) is 11.8 Å². The lowest BCUT2D eigenvalue weighted by Crippen LogP contribution is -2.35. The van der Waals surface area contributed by atoms with E-state index >= 15 is 0 Å². The first-order chi connectivity index (χ1) is 16.0. The van der Waals surface area contributed by atoms with Crippen LogP contribution in [0.1, 0.15) is 11.1 Å². The molecule has 1 N–H and O–H groups in total. The number of ether oxygens (including phenoxy) is 3. The van der Waals surface area contributed by atoms with Gasteiger partial charge >= 0.3 is 0 Å². The van der Waals surface area contributed by atoms with Gasteiger partial charge in [0.15, 0.2) is 11.5 Å². The van der Waals surface area contributed by atoms with Gasteiger partial charge in [-0.1, -0.05) is 24.3 Å². The number of nitrogens with zero attached hydrogens (tertiary/aromatic N) is 1. The molecule has 2 heterocycles. The summed E-state index contributed by atoms with van der Waals surface area (Å²) in [6.45, 7) is 0.540. The number of hydrazine groups is 1. The predicted octanol–water partition coefficient (Wildman–Crippen LogP) is 4.98. The number of hydrogen-bond acceptors (Lipinski definition) is 5. The van der Waals surface area contributed by atoms with Crippen LogP contribution in [0.2, 0.25) is 0 Å². The fourth-order valence-electron chi connectivity index (χ4n) is 3.47. The number of para-hydroxylation sites is 1. The molecule has 2 aliphatic heterocycles. The lowest BCUT2D eigenvalue weighted by molar-refractivity contribution is -0.117. The average molecular weight is 572 g/mol. The van der Waals surface area contributed by atoms with Gasteiger partial charge < -0.3 is 14.2 Å². The van der Waals surface area contributed by atoms with Crippen LogP contribution < -0.4 is 24.6 Å². The maximum Gasteiger partial charge on any atom is 0.282 e. The van der Waals surface area contributed by atoms with Crippen molar-refractivity contribution in [2.75, 3.05) is 11.8 Å². The van der Waals surface area contributed by atoms with E-state index in [0.29, 0.717) is 38.3 Å². The molecule has 7 nitrogen and oxygen atoms in total. The predicted molar refractivity (Wildman–Crippen MR) is 129 cm³/mol. The molecule has 0 radical (unpaired) electrons. The maximum atomic E-state index is 12.8. The minimum atomic E-state index is -0.459. The molecule has 2 aliphatic rings. The second kappa shape index (κ2) is 8.92. The van der Waals surface area contributed by atoms with E-state index in [4.69, 9.17) is 14.2 Å². The third kappa shape index (κ3) is 4.34. The van der Waals surface area contributed by atoms with Crippen LogP contribution in [0.5, 0.6) is 17.2 Å². The quantitative estimate of drug-likeness (QED) is 0.345. The number of halogens is 2. The summed E-state index contributed by atoms with van der Waals surface area (Å²) in [7, 11) is 0. The smallest absolute Gasteiger partial charge is 0.282 e. The molecule has 33 heavy (non-hydrogen) atoms. The minimum absolute atomic E-state index is 0.0479. The van der Waals surface area contributed by atoms with Crippen LogP contribution in [-0.2, 0) is 16.2 Å². The van der Waals surface area contributed by atoms with Crippen LogP contribution in [-0.4, -0.2) is 18.6 Å². The highest BCUT2D eigenvalue weighted by Crippen LogP contribution is 2.37. The molecule has 9 heteroatoms. The van der Waals surface area contributed by atoms with Gasteiger partial charge in [-0.05, 0) is 85.5 Å². The van der Waals surface area contributed by atoms with E-state index < -0.39 is 11.8 Å². The van der Waals surface area contributed by atoms with Gasteiger partial charge in [-0.3, -0.25) is 15.0 Å². The Balaban J connectivity index is 1.34. The highest BCUT2D eigenvalue weighted by Gasteiger charge is 2.34. The second-order valence-electron chi connectivity index (χ2n) is 7.27. The zero-order chi connectivity index (χ0) is 22.9. The Morgan fingerprint density at radius 2 is 1.70 bits per heavy atom. The molecule has 2 amide bonds. The summed E-state index contributed by atoms with van der Waals surface area (Å²) in [6.07, 6.45) is 1.55. The zero-order valence-corrected chi connectivity index (χ0v) is 20.2. The van der Waals surface area contributed by atoms with Crippen molar-refractivity contribution in [3.8, 4) is 17.2 Å². The third-order valence-corrected chi connectivity index (χ3v) is 6.24. The van der Waals surface area contributed by atoms with Crippen molar-refractivity contribution in [2.24, 2.45) is 0 Å². The first-order valence-electron chi connectivity index (χ1n) is 9.92. The summed E-state index contributed by atoms with van der Waals surface area (Å²) >= 11 is 7.05. The molecule has 1 saturated heterocycles. The number of carbonyl (C=O) groups excluding carboxylic acids is 2. The van der Waals surface area contributed by atoms with Gasteiger partial charge in [0.1, 0.15) is 17.9 Å². The molecule has 5 rings (SSSR count). The molecule has 0 atom stereocenters. The third-order valence-electron chi connectivity index (χ3n) is 5.06. The fourth-order valence-corrected chi connectivity index (χ4v) is 4.92. The summed E-state index contributed by atoms with van der Waals surface area (Å²) in [5.41, 5.74) is 4.83. The van der Waals surface area contributed by atoms with Crippen molar-refractivity contribution in [2.45, 2.75) is 6.61 Å². The maximum absolute atomic E-state index is 12.8. The second-order valence-corrected chi connectivity index (χ2v) is 8.97. The lowest BCUT2D eigenvalue weighted by Gasteiger charge is -2.14. The molecule has 0 aromatic heterocycles. The van der Waals surface area contributed by atoms with Crippen molar-refractivity contribution >= 4 is 55.4 Å². The zero-order valence-electron chi connectivity index (χ0n) is 17.0. The molecular weight excluding hydrogens is 556 g/mol. The van der Waals surface area contributed by atoms with E-state index in [9.17, 15) is 9.59 Å². The van der Waals surface area contributed by atoms with Crippen molar-refractivity contribution < 1.29 is 23.8 Å². The number of benzene rings is 3. The highest BCUT2D eigenvalue weighted by atomic mass is 79.9. The summed E-state index contributed by atoms with van der Waals surface area (Å²) in [5.74, 6) is 1.14. The van der Waals surface area contributed by atoms with Crippen LogP contribution in [0.15, 0.2) is 75.2 Å². The number of anilines is 1. The minimum Gasteiger partial charge on any atom is -0.487 e. The molecule has 3 aromatic rings. The lowest BCUT2D eigenvalue weighted by atomic mass is 10.1. The number of rotatable bonds is 5. The molecule has 1 fully saturated rings. The van der Waals surface area contributed by atoms with Crippen molar-refractivity contribution in [3.05, 3.63) is 86.3 Å². The standard InChI is InChI=1S/C24H16Br2N2O5/c25-18-9-15(8-17-23(29)27-28(24(17)30)16-4-2-1-3-5-16)10-19(26)22(18)31-12-14-6-7-20-21(11-14)33-13-32-20/h1-11H,12-13H2,(H,27,29)/b17-8-. The highest BCUT2D eigenvalue weighted by molar-refractivity contribution is 9.11. The Hall–Kier alpha value is -3.30. The monoisotopic (exact) mass is 570 g/mol. The number of hydrogen-bond donors (Lipinski definition) is 1. The van der Waals surface area contributed by atoms with Crippen molar-refractivity contribution in [1.82, 2.24) is 5.43 Å². The average Bonchev–Trinajstić information content (AvgIpc) is 3.38. The molecule has 0 saturated carbocycles.